The molecule has 2 rings (SSSR count). The molecule has 0 aliphatic carbocycles. The summed E-state index contributed by atoms with van der Waals surface area (Å²) in [6, 6.07) is 0. The summed E-state index contributed by atoms with van der Waals surface area (Å²) in [7, 11) is 0. The van der Waals surface area contributed by atoms with Gasteiger partial charge in [0.1, 0.15) is 0 Å². The number of nitrogens with one attached hydrogen (secondary N) is 2. The lowest BCUT2D eigenvalue weighted by Crippen LogP contribution is -2.41. The highest BCUT2D eigenvalue weighted by Gasteiger charge is 2.16. The molecule has 0 saturated heterocycles. The fourth-order valence-electron chi connectivity index (χ4n) is 1.59. The molecular weight excluding hydrogens is 291 g/mol. The Bertz CT molecular complexity index is 468. The maximum atomic E-state index is 5.85. The third-order valence-corrected chi connectivity index (χ3v) is 4.04. The van der Waals surface area contributed by atoms with E-state index in [1.54, 1.807) is 11.8 Å². The van der Waals surface area contributed by atoms with Crippen LogP contribution < -0.4 is 10.6 Å². The first kappa shape index (κ1) is 13.8. The van der Waals surface area contributed by atoms with Gasteiger partial charge in [-0.1, -0.05) is 29.4 Å². The Balaban J connectivity index is 2.11. The van der Waals surface area contributed by atoms with Crippen LogP contribution in [0.1, 0.15) is 26.7 Å². The minimum absolute atomic E-state index is 0.247. The van der Waals surface area contributed by atoms with Crippen molar-refractivity contribution in [1.29, 1.82) is 0 Å². The number of amidine groups is 1. The molecule has 2 heterocycles. The van der Waals surface area contributed by atoms with Crippen LogP contribution in [0.25, 0.3) is 0 Å². The van der Waals surface area contributed by atoms with Crippen molar-refractivity contribution in [2.75, 3.05) is 0 Å². The summed E-state index contributed by atoms with van der Waals surface area (Å²) in [4.78, 5) is 9.26. The number of guanidine groups is 1. The van der Waals surface area contributed by atoms with E-state index in [1.807, 2.05) is 0 Å². The molecular formula is C11H14Cl2N4S. The average molecular weight is 305 g/mol. The number of nitrogens with zero attached hydrogens (tertiary/aromatic N) is 2. The fourth-order valence-corrected chi connectivity index (χ4v) is 2.96. The summed E-state index contributed by atoms with van der Waals surface area (Å²) in [6.45, 7) is 4.21. The molecule has 2 aliphatic rings. The molecule has 2 aliphatic heterocycles. The van der Waals surface area contributed by atoms with Crippen molar-refractivity contribution >= 4 is 46.2 Å². The van der Waals surface area contributed by atoms with Gasteiger partial charge in [0.05, 0.1) is 5.03 Å². The van der Waals surface area contributed by atoms with Crippen LogP contribution in [-0.4, -0.2) is 16.9 Å². The van der Waals surface area contributed by atoms with Crippen molar-refractivity contribution in [3.05, 3.63) is 21.6 Å². The lowest BCUT2D eigenvalue weighted by molar-refractivity contribution is 0.897. The summed E-state index contributed by atoms with van der Waals surface area (Å²) in [5.41, 5.74) is 0.622. The summed E-state index contributed by atoms with van der Waals surface area (Å²) < 4.78 is 0. The van der Waals surface area contributed by atoms with Crippen LogP contribution in [0.4, 0.5) is 0 Å². The Hall–Kier alpha value is -0.650. The SMILES string of the molecule is CC1=CCCC(C)=C(NC2=NC(Cl)N=C(Cl)N2)S1. The molecule has 0 aromatic heterocycles. The molecule has 0 spiro atoms. The second-order valence-electron chi connectivity index (χ2n) is 4.02. The summed E-state index contributed by atoms with van der Waals surface area (Å²) in [6.07, 6.45) is 4.33. The van der Waals surface area contributed by atoms with Gasteiger partial charge in [-0.3, -0.25) is 0 Å². The Morgan fingerprint density at radius 3 is 2.94 bits per heavy atom. The number of alkyl halides is 1. The highest BCUT2D eigenvalue weighted by molar-refractivity contribution is 8.06. The van der Waals surface area contributed by atoms with Gasteiger partial charge in [0.25, 0.3) is 0 Å². The van der Waals surface area contributed by atoms with E-state index in [0.29, 0.717) is 5.96 Å². The summed E-state index contributed by atoms with van der Waals surface area (Å²) in [5, 5.41) is 7.40. The molecule has 4 nitrogen and oxygen atoms in total. The maximum Gasteiger partial charge on any atom is 0.221 e. The number of rotatable bonds is 1. The van der Waals surface area contributed by atoms with E-state index >= 15 is 0 Å². The van der Waals surface area contributed by atoms with Crippen LogP contribution >= 0.6 is 35.0 Å². The first-order chi connectivity index (χ1) is 8.54. The molecule has 0 radical (unpaired) electrons. The van der Waals surface area contributed by atoms with Crippen molar-refractivity contribution in [3.8, 4) is 0 Å². The molecule has 1 atom stereocenters. The van der Waals surface area contributed by atoms with Gasteiger partial charge in [-0.05, 0) is 48.8 Å². The molecule has 0 saturated carbocycles. The fraction of sp³-hybridized carbons (Fsp3) is 0.455. The molecule has 2 N–H and O–H groups in total. The number of aliphatic imine (C=N–C) groups is 2. The van der Waals surface area contributed by atoms with Crippen LogP contribution in [-0.2, 0) is 0 Å². The molecule has 0 fully saturated rings. The van der Waals surface area contributed by atoms with E-state index in [4.69, 9.17) is 23.2 Å². The number of halogens is 2. The Morgan fingerprint density at radius 2 is 2.22 bits per heavy atom. The smallest absolute Gasteiger partial charge is 0.221 e. The molecule has 0 aromatic rings. The molecule has 0 amide bonds. The third kappa shape index (κ3) is 3.67. The Kier molecular flexibility index (Phi) is 4.59. The van der Waals surface area contributed by atoms with E-state index < -0.39 is 5.62 Å². The molecule has 7 heteroatoms. The van der Waals surface area contributed by atoms with Gasteiger partial charge in [-0.2, -0.15) is 0 Å². The van der Waals surface area contributed by atoms with E-state index in [0.717, 1.165) is 17.9 Å². The van der Waals surface area contributed by atoms with Crippen LogP contribution in [0.15, 0.2) is 31.6 Å². The minimum Gasteiger partial charge on any atom is -0.320 e. The van der Waals surface area contributed by atoms with E-state index in [1.165, 1.54) is 10.5 Å². The highest BCUT2D eigenvalue weighted by Crippen LogP contribution is 2.31. The van der Waals surface area contributed by atoms with Gasteiger partial charge in [-0.25, -0.2) is 9.98 Å². The van der Waals surface area contributed by atoms with Gasteiger partial charge in [0, 0.05) is 0 Å². The monoisotopic (exact) mass is 304 g/mol. The van der Waals surface area contributed by atoms with Crippen LogP contribution in [0.3, 0.4) is 0 Å². The van der Waals surface area contributed by atoms with Crippen molar-refractivity contribution in [2.45, 2.75) is 32.3 Å². The zero-order valence-electron chi connectivity index (χ0n) is 10.1. The normalized spacial score (nSPS) is 24.7. The van der Waals surface area contributed by atoms with E-state index in [9.17, 15) is 0 Å². The molecule has 0 bridgehead atoms. The van der Waals surface area contributed by atoms with Crippen LogP contribution in [0, 0.1) is 0 Å². The average Bonchev–Trinajstić information content (AvgIpc) is 2.40. The standard InChI is InChI=1S/C11H14Cl2N4S/c1-6-4-3-5-7(2)18-8(6)14-11-16-9(12)15-10(13)17-11/h5,9H,3-4H2,1-2H3,(H2,14,15,16,17). The quantitative estimate of drug-likeness (QED) is 0.577. The van der Waals surface area contributed by atoms with Crippen LogP contribution in [0.5, 0.6) is 0 Å². The zero-order valence-corrected chi connectivity index (χ0v) is 12.5. The van der Waals surface area contributed by atoms with Gasteiger partial charge in [0.2, 0.25) is 16.9 Å². The van der Waals surface area contributed by atoms with Crippen LogP contribution in [0.2, 0.25) is 0 Å². The first-order valence-corrected chi connectivity index (χ1v) is 7.21. The van der Waals surface area contributed by atoms with Gasteiger partial charge < -0.3 is 10.6 Å². The second kappa shape index (κ2) is 5.99. The predicted octanol–water partition coefficient (Wildman–Crippen LogP) is 3.31. The lowest BCUT2D eigenvalue weighted by Gasteiger charge is -2.18. The molecule has 0 aromatic carbocycles. The lowest BCUT2D eigenvalue weighted by atomic mass is 10.2. The topological polar surface area (TPSA) is 48.8 Å². The number of hydrogen-bond donors (Lipinski definition) is 2. The molecule has 18 heavy (non-hydrogen) atoms. The zero-order chi connectivity index (χ0) is 13.1. The number of hydrogen-bond acceptors (Lipinski definition) is 5. The highest BCUT2D eigenvalue weighted by atomic mass is 35.5. The van der Waals surface area contributed by atoms with Gasteiger partial charge in [-0.15, -0.1) is 0 Å². The number of thioether (sulfide) groups is 1. The third-order valence-electron chi connectivity index (χ3n) is 2.51. The Labute approximate surface area is 121 Å². The van der Waals surface area contributed by atoms with E-state index in [-0.39, 0.29) is 5.29 Å². The van der Waals surface area contributed by atoms with Gasteiger partial charge in [0.15, 0.2) is 0 Å². The number of allylic oxidation sites excluding steroid dienone is 3. The second-order valence-corrected chi connectivity index (χ2v) is 6.03. The largest absolute Gasteiger partial charge is 0.320 e. The molecule has 1 unspecified atom stereocenters. The van der Waals surface area contributed by atoms with Crippen molar-refractivity contribution < 1.29 is 0 Å². The minimum atomic E-state index is -0.672. The predicted molar refractivity (Wildman–Crippen MR) is 79.9 cm³/mol. The van der Waals surface area contributed by atoms with E-state index in [2.05, 4.69) is 40.5 Å². The van der Waals surface area contributed by atoms with Crippen molar-refractivity contribution in [3.63, 3.8) is 0 Å². The summed E-state index contributed by atoms with van der Waals surface area (Å²) >= 11 is 13.4. The Morgan fingerprint density at radius 1 is 1.44 bits per heavy atom. The molecule has 98 valence electrons. The van der Waals surface area contributed by atoms with Crippen molar-refractivity contribution in [1.82, 2.24) is 10.6 Å². The maximum absolute atomic E-state index is 5.85. The summed E-state index contributed by atoms with van der Waals surface area (Å²) in [5.74, 6) is 0.534. The van der Waals surface area contributed by atoms with Crippen molar-refractivity contribution in [2.24, 2.45) is 9.98 Å². The van der Waals surface area contributed by atoms with Gasteiger partial charge >= 0.3 is 0 Å². The first-order valence-electron chi connectivity index (χ1n) is 5.58.